The molecule has 70 valence electrons. The van der Waals surface area contributed by atoms with Gasteiger partial charge in [0.2, 0.25) is 0 Å². The fourth-order valence-corrected chi connectivity index (χ4v) is 0.990. The molecule has 1 rings (SSSR count). The second kappa shape index (κ2) is 4.77. The van der Waals surface area contributed by atoms with Gasteiger partial charge in [0.15, 0.2) is 5.11 Å². The highest BCUT2D eigenvalue weighted by Gasteiger charge is 1.95. The van der Waals surface area contributed by atoms with Gasteiger partial charge >= 0.3 is 0 Å². The molecule has 0 bridgehead atoms. The van der Waals surface area contributed by atoms with Gasteiger partial charge in [0.1, 0.15) is 5.82 Å². The summed E-state index contributed by atoms with van der Waals surface area (Å²) in [4.78, 5) is 0. The first-order chi connectivity index (χ1) is 6.22. The summed E-state index contributed by atoms with van der Waals surface area (Å²) in [6.07, 6.45) is 0. The number of benzene rings is 1. The van der Waals surface area contributed by atoms with Crippen LogP contribution in [0.15, 0.2) is 24.3 Å². The predicted molar refractivity (Wildman–Crippen MR) is 54.9 cm³/mol. The number of hydrogen-bond donors (Lipinski definition) is 2. The van der Waals surface area contributed by atoms with Crippen LogP contribution in [0.4, 0.5) is 4.39 Å². The smallest absolute Gasteiger partial charge is 0.166 e. The summed E-state index contributed by atoms with van der Waals surface area (Å²) in [7, 11) is 1.74. The summed E-state index contributed by atoms with van der Waals surface area (Å²) in [5.74, 6) is -0.227. The molecule has 0 heterocycles. The summed E-state index contributed by atoms with van der Waals surface area (Å²) in [6, 6.07) is 6.41. The van der Waals surface area contributed by atoms with Crippen LogP contribution in [-0.4, -0.2) is 12.2 Å². The van der Waals surface area contributed by atoms with Crippen molar-refractivity contribution in [2.24, 2.45) is 0 Å². The molecule has 0 aliphatic carbocycles. The number of halogens is 1. The van der Waals surface area contributed by atoms with Gasteiger partial charge in [-0.15, -0.1) is 0 Å². The summed E-state index contributed by atoms with van der Waals surface area (Å²) < 4.78 is 12.7. The first-order valence-corrected chi connectivity index (χ1v) is 4.33. The summed E-state index contributed by atoms with van der Waals surface area (Å²) in [6.45, 7) is 0.539. The lowest BCUT2D eigenvalue weighted by Gasteiger charge is -2.06. The third-order valence-electron chi connectivity index (χ3n) is 1.57. The van der Waals surface area contributed by atoms with Crippen LogP contribution >= 0.6 is 12.2 Å². The average Bonchev–Trinajstić information content (AvgIpc) is 2.14. The van der Waals surface area contributed by atoms with Crippen molar-refractivity contribution in [3.63, 3.8) is 0 Å². The van der Waals surface area contributed by atoms with E-state index in [1.165, 1.54) is 12.1 Å². The van der Waals surface area contributed by atoms with Crippen molar-refractivity contribution in [1.29, 1.82) is 0 Å². The van der Waals surface area contributed by atoms with E-state index in [9.17, 15) is 4.39 Å². The van der Waals surface area contributed by atoms with Crippen LogP contribution in [0.3, 0.4) is 0 Å². The van der Waals surface area contributed by atoms with E-state index < -0.39 is 0 Å². The molecule has 13 heavy (non-hydrogen) atoms. The number of rotatable bonds is 2. The van der Waals surface area contributed by atoms with Gasteiger partial charge in [-0.2, -0.15) is 0 Å². The molecule has 0 radical (unpaired) electrons. The first kappa shape index (κ1) is 9.92. The maximum Gasteiger partial charge on any atom is 0.166 e. The number of nitrogens with one attached hydrogen (secondary N) is 2. The van der Waals surface area contributed by atoms with Crippen LogP contribution in [-0.2, 0) is 6.54 Å². The molecule has 0 aliphatic rings. The quantitative estimate of drug-likeness (QED) is 0.703. The molecule has 0 atom stereocenters. The Morgan fingerprint density at radius 1 is 1.54 bits per heavy atom. The minimum Gasteiger partial charge on any atom is -0.366 e. The topological polar surface area (TPSA) is 24.1 Å². The SMILES string of the molecule is CNC(=S)NCc1cccc(F)c1. The van der Waals surface area contributed by atoms with Gasteiger partial charge in [0.05, 0.1) is 0 Å². The molecular formula is C9H11FN2S. The monoisotopic (exact) mass is 198 g/mol. The van der Waals surface area contributed by atoms with Crippen LogP contribution in [0.5, 0.6) is 0 Å². The van der Waals surface area contributed by atoms with Crippen molar-refractivity contribution in [3.8, 4) is 0 Å². The fourth-order valence-electron chi connectivity index (χ4n) is 0.918. The van der Waals surface area contributed by atoms with Crippen molar-refractivity contribution >= 4 is 17.3 Å². The van der Waals surface area contributed by atoms with E-state index in [2.05, 4.69) is 10.6 Å². The molecule has 0 amide bonds. The maximum absolute atomic E-state index is 12.7. The van der Waals surface area contributed by atoms with E-state index in [1.54, 1.807) is 13.1 Å². The van der Waals surface area contributed by atoms with Crippen molar-refractivity contribution in [2.45, 2.75) is 6.54 Å². The van der Waals surface area contributed by atoms with Crippen LogP contribution in [0.25, 0.3) is 0 Å². The highest BCUT2D eigenvalue weighted by molar-refractivity contribution is 7.80. The van der Waals surface area contributed by atoms with E-state index in [-0.39, 0.29) is 5.82 Å². The van der Waals surface area contributed by atoms with Crippen molar-refractivity contribution in [2.75, 3.05) is 7.05 Å². The van der Waals surface area contributed by atoms with Crippen molar-refractivity contribution in [1.82, 2.24) is 10.6 Å². The van der Waals surface area contributed by atoms with E-state index in [1.807, 2.05) is 6.07 Å². The van der Waals surface area contributed by atoms with E-state index in [0.29, 0.717) is 11.7 Å². The molecule has 2 nitrogen and oxygen atoms in total. The molecule has 0 unspecified atom stereocenters. The van der Waals surface area contributed by atoms with Gasteiger partial charge in [-0.3, -0.25) is 0 Å². The van der Waals surface area contributed by atoms with E-state index in [4.69, 9.17) is 12.2 Å². The first-order valence-electron chi connectivity index (χ1n) is 3.92. The lowest BCUT2D eigenvalue weighted by molar-refractivity contribution is 0.624. The highest BCUT2D eigenvalue weighted by atomic mass is 32.1. The largest absolute Gasteiger partial charge is 0.366 e. The van der Waals surface area contributed by atoms with Crippen molar-refractivity contribution in [3.05, 3.63) is 35.6 Å². The molecule has 0 saturated carbocycles. The van der Waals surface area contributed by atoms with Crippen LogP contribution in [0, 0.1) is 5.82 Å². The van der Waals surface area contributed by atoms with Crippen LogP contribution in [0.1, 0.15) is 5.56 Å². The molecule has 1 aromatic rings. The van der Waals surface area contributed by atoms with Crippen molar-refractivity contribution < 1.29 is 4.39 Å². The molecule has 0 saturated heterocycles. The Bertz CT molecular complexity index is 301. The fraction of sp³-hybridized carbons (Fsp3) is 0.222. The lowest BCUT2D eigenvalue weighted by Crippen LogP contribution is -2.31. The molecule has 0 spiro atoms. The third-order valence-corrected chi connectivity index (χ3v) is 1.92. The van der Waals surface area contributed by atoms with Gasteiger partial charge in [-0.05, 0) is 29.9 Å². The van der Waals surface area contributed by atoms with Gasteiger partial charge in [-0.25, -0.2) is 4.39 Å². The minimum atomic E-state index is -0.227. The molecule has 0 fully saturated rings. The maximum atomic E-state index is 12.7. The van der Waals surface area contributed by atoms with E-state index in [0.717, 1.165) is 5.56 Å². The number of hydrogen-bond acceptors (Lipinski definition) is 1. The zero-order valence-electron chi connectivity index (χ0n) is 7.30. The Balaban J connectivity index is 2.50. The lowest BCUT2D eigenvalue weighted by atomic mass is 10.2. The second-order valence-electron chi connectivity index (χ2n) is 2.56. The van der Waals surface area contributed by atoms with Gasteiger partial charge < -0.3 is 10.6 Å². The second-order valence-corrected chi connectivity index (χ2v) is 2.97. The average molecular weight is 198 g/mol. The Morgan fingerprint density at radius 2 is 2.31 bits per heavy atom. The molecular weight excluding hydrogens is 187 g/mol. The van der Waals surface area contributed by atoms with Gasteiger partial charge in [0, 0.05) is 13.6 Å². The molecule has 4 heteroatoms. The molecule has 0 aliphatic heterocycles. The summed E-state index contributed by atoms with van der Waals surface area (Å²) >= 11 is 4.87. The van der Waals surface area contributed by atoms with Gasteiger partial charge in [-0.1, -0.05) is 12.1 Å². The summed E-state index contributed by atoms with van der Waals surface area (Å²) in [5, 5.41) is 6.27. The highest BCUT2D eigenvalue weighted by Crippen LogP contribution is 2.02. The Labute approximate surface area is 82.2 Å². The summed E-state index contributed by atoms with van der Waals surface area (Å²) in [5.41, 5.74) is 0.873. The third kappa shape index (κ3) is 3.38. The van der Waals surface area contributed by atoms with Crippen LogP contribution < -0.4 is 10.6 Å². The molecule has 0 aromatic heterocycles. The molecule has 1 aromatic carbocycles. The zero-order valence-corrected chi connectivity index (χ0v) is 8.12. The normalized spacial score (nSPS) is 9.38. The standard InChI is InChI=1S/C9H11FN2S/c1-11-9(13)12-6-7-3-2-4-8(10)5-7/h2-5H,6H2,1H3,(H2,11,12,13). The van der Waals surface area contributed by atoms with Gasteiger partial charge in [0.25, 0.3) is 0 Å². The number of thiocarbonyl (C=S) groups is 1. The predicted octanol–water partition coefficient (Wildman–Crippen LogP) is 1.42. The van der Waals surface area contributed by atoms with E-state index >= 15 is 0 Å². The Morgan fingerprint density at radius 3 is 2.92 bits per heavy atom. The van der Waals surface area contributed by atoms with Crippen LogP contribution in [0.2, 0.25) is 0 Å². The molecule has 2 N–H and O–H groups in total. The Hall–Kier alpha value is -1.16. The zero-order chi connectivity index (χ0) is 9.68. The minimum absolute atomic E-state index is 0.227. The Kier molecular flexibility index (Phi) is 3.64.